The van der Waals surface area contributed by atoms with Gasteiger partial charge in [0.15, 0.2) is 58.8 Å². The van der Waals surface area contributed by atoms with E-state index in [-0.39, 0.29) is 22.7 Å². The van der Waals surface area contributed by atoms with Crippen LogP contribution in [0, 0.1) is 0 Å². The minimum atomic E-state index is -5.50. The van der Waals surface area contributed by atoms with Gasteiger partial charge in [-0.1, -0.05) is 0 Å². The Labute approximate surface area is 332 Å². The Morgan fingerprint density at radius 1 is 0.610 bits per heavy atom. The molecule has 4 aliphatic rings. The molecule has 324 valence electrons. The summed E-state index contributed by atoms with van der Waals surface area (Å²) < 4.78 is 106. The fraction of sp³-hybridized carbons (Fsp3) is 0.643. The molecule has 4 aromatic rings. The van der Waals surface area contributed by atoms with Crippen LogP contribution < -0.4 is 11.5 Å². The highest BCUT2D eigenvalue weighted by Crippen LogP contribution is 2.69. The molecule has 59 heavy (non-hydrogen) atoms. The Morgan fingerprint density at radius 2 is 0.983 bits per heavy atom. The number of ether oxygens (including phenoxy) is 6. The van der Waals surface area contributed by atoms with Crippen molar-refractivity contribution in [2.75, 3.05) is 36.5 Å². The van der Waals surface area contributed by atoms with E-state index in [0.717, 1.165) is 0 Å². The van der Waals surface area contributed by atoms with Gasteiger partial charge in [-0.3, -0.25) is 27.4 Å². The standard InChI is InChI=1S/C28H40N10O17P4/c1-27(2)51-17-13(49-25(19(17)53-27)37-9-35-15-21(29)31-7-33-23(15)37)5-47-56(39,40)11-58(43,44)55-59(45,46)12-57(41,42)48-6-14-18-20(54-28(3,4)52-18)26(50-14)38-10-36-16-22(30)32-8-34-24(16)38/h7-10,13-14,17-20,25-26H,5-6,11-12H2,1-4H3,(H,39,40)(H,41,42)(H,43,44)(H,45,46)(H2,29,31,33)(H2,30,32,34)/t13-,14-,17?,18?,19?,20?,25-,26-/m1/s1. The lowest BCUT2D eigenvalue weighted by molar-refractivity contribution is -0.199. The van der Waals surface area contributed by atoms with Crippen LogP contribution >= 0.6 is 30.4 Å². The number of nitrogens with zero attached hydrogens (tertiary/aromatic N) is 8. The largest absolute Gasteiger partial charge is 0.382 e. The molecule has 4 aromatic heterocycles. The number of fused-ring (bicyclic) bond motifs is 4. The van der Waals surface area contributed by atoms with E-state index in [4.69, 9.17) is 48.9 Å². The quantitative estimate of drug-likeness (QED) is 0.0973. The molecule has 0 saturated carbocycles. The molecule has 0 spiro atoms. The van der Waals surface area contributed by atoms with Crippen molar-refractivity contribution >= 4 is 64.3 Å². The van der Waals surface area contributed by atoms with Crippen LogP contribution in [-0.2, 0) is 60.0 Å². The van der Waals surface area contributed by atoms with Crippen molar-refractivity contribution in [2.45, 2.75) is 88.3 Å². The van der Waals surface area contributed by atoms with Gasteiger partial charge >= 0.3 is 30.4 Å². The number of aromatic nitrogens is 8. The fourth-order valence-corrected chi connectivity index (χ4v) is 15.3. The Kier molecular flexibility index (Phi) is 10.8. The van der Waals surface area contributed by atoms with Crippen LogP contribution in [0.15, 0.2) is 25.3 Å². The third-order valence-electron chi connectivity index (χ3n) is 9.42. The zero-order valence-electron chi connectivity index (χ0n) is 31.4. The normalized spacial score (nSPS) is 32.7. The maximum atomic E-state index is 13.1. The van der Waals surface area contributed by atoms with E-state index in [2.05, 4.69) is 34.2 Å². The van der Waals surface area contributed by atoms with Gasteiger partial charge in [0, 0.05) is 0 Å². The molecule has 4 aliphatic heterocycles. The fourth-order valence-electron chi connectivity index (χ4n) is 7.31. The lowest BCUT2D eigenvalue weighted by Crippen LogP contribution is -2.32. The highest BCUT2D eigenvalue weighted by atomic mass is 31.3. The molecule has 8 N–H and O–H groups in total. The second-order valence-electron chi connectivity index (χ2n) is 14.9. The van der Waals surface area contributed by atoms with Crippen molar-refractivity contribution < 1.29 is 79.6 Å². The van der Waals surface area contributed by atoms with Crippen molar-refractivity contribution in [3.8, 4) is 0 Å². The summed E-state index contributed by atoms with van der Waals surface area (Å²) in [6.45, 7) is 5.16. The second-order valence-corrected chi connectivity index (χ2v) is 23.5. The van der Waals surface area contributed by atoms with Gasteiger partial charge in [-0.25, -0.2) is 34.2 Å². The first-order chi connectivity index (χ1) is 27.4. The summed E-state index contributed by atoms with van der Waals surface area (Å²) in [5.41, 5.74) is 13.0. The topological polar surface area (TPSA) is 372 Å². The molecule has 27 nitrogen and oxygen atoms in total. The molecule has 4 saturated heterocycles. The molecule has 8 rings (SSSR count). The van der Waals surface area contributed by atoms with Gasteiger partial charge in [-0.05, 0) is 27.7 Å². The molecule has 12 atom stereocenters. The van der Waals surface area contributed by atoms with Crippen molar-refractivity contribution in [3.63, 3.8) is 0 Å². The smallest absolute Gasteiger partial charge is 0.347 e. The molecular weight excluding hydrogens is 872 g/mol. The molecule has 0 aliphatic carbocycles. The van der Waals surface area contributed by atoms with Crippen molar-refractivity contribution in [2.24, 2.45) is 0 Å². The first-order valence-electron chi connectivity index (χ1n) is 17.6. The van der Waals surface area contributed by atoms with Crippen LogP contribution in [0.1, 0.15) is 40.2 Å². The number of nitrogens with two attached hydrogens (primary N) is 2. The summed E-state index contributed by atoms with van der Waals surface area (Å²) in [6.07, 6.45) is -2.25. The van der Waals surface area contributed by atoms with Crippen LogP contribution in [0.2, 0.25) is 0 Å². The van der Waals surface area contributed by atoms with Crippen LogP contribution in [0.3, 0.4) is 0 Å². The average molecular weight is 913 g/mol. The second kappa shape index (κ2) is 14.9. The van der Waals surface area contributed by atoms with E-state index in [1.165, 1.54) is 34.4 Å². The number of rotatable bonds is 14. The molecule has 0 aromatic carbocycles. The highest BCUT2D eigenvalue weighted by molar-refractivity contribution is 7.78. The van der Waals surface area contributed by atoms with Crippen LogP contribution in [-0.4, -0.2) is 132 Å². The summed E-state index contributed by atoms with van der Waals surface area (Å²) in [5, 5.41) is 0. The zero-order valence-corrected chi connectivity index (χ0v) is 35.0. The Bertz CT molecular complexity index is 2310. The number of hydrogen-bond donors (Lipinski definition) is 6. The first-order valence-corrected chi connectivity index (χ1v) is 24.6. The maximum absolute atomic E-state index is 13.1. The SMILES string of the molecule is CC1(C)OC2C(O1)[C@@H](COP(=O)(O)CP(=O)(O)OP(=O)(O)CP(=O)(O)OC[C@H]1O[C@@H](n3cnc4c(N)ncnc43)C3OC(C)(C)OC31)O[C@H]2n1cnc2c(N)ncnc21. The minimum Gasteiger partial charge on any atom is -0.382 e. The molecule has 31 heteroatoms. The van der Waals surface area contributed by atoms with Gasteiger partial charge in [0.1, 0.15) is 60.3 Å². The predicted molar refractivity (Wildman–Crippen MR) is 197 cm³/mol. The number of nitrogen functional groups attached to an aromatic ring is 2. The monoisotopic (exact) mass is 912 g/mol. The summed E-state index contributed by atoms with van der Waals surface area (Å²) >= 11 is 0. The van der Waals surface area contributed by atoms with Gasteiger partial charge in [-0.15, -0.1) is 0 Å². The predicted octanol–water partition coefficient (Wildman–Crippen LogP) is 1.37. The van der Waals surface area contributed by atoms with Gasteiger partial charge < -0.3 is 68.5 Å². The maximum Gasteiger partial charge on any atom is 0.347 e. The number of anilines is 2. The first kappa shape index (κ1) is 42.8. The molecular formula is C28H40N10O17P4. The third kappa shape index (κ3) is 8.77. The zero-order chi connectivity index (χ0) is 42.5. The Morgan fingerprint density at radius 3 is 1.37 bits per heavy atom. The number of imidazole rings is 2. The molecule has 4 fully saturated rings. The molecule has 8 heterocycles. The van der Waals surface area contributed by atoms with E-state index in [0.29, 0.717) is 11.3 Å². The summed E-state index contributed by atoms with van der Waals surface area (Å²) in [7, 11) is -21.2. The highest BCUT2D eigenvalue weighted by Gasteiger charge is 2.58. The Balaban J connectivity index is 0.880. The van der Waals surface area contributed by atoms with Crippen LogP contribution in [0.5, 0.6) is 0 Å². The van der Waals surface area contributed by atoms with Crippen molar-refractivity contribution in [1.82, 2.24) is 39.0 Å². The number of hydrogen-bond acceptors (Lipinski definition) is 21. The lowest BCUT2D eigenvalue weighted by atomic mass is 10.1. The van der Waals surface area contributed by atoms with E-state index >= 15 is 0 Å². The molecule has 0 bridgehead atoms. The van der Waals surface area contributed by atoms with Crippen molar-refractivity contribution in [1.29, 1.82) is 0 Å². The average Bonchev–Trinajstić information content (AvgIpc) is 3.93. The summed E-state index contributed by atoms with van der Waals surface area (Å²) in [4.78, 5) is 66.7. The van der Waals surface area contributed by atoms with E-state index < -0.39 is 116 Å². The Hall–Kier alpha value is -2.90. The molecule has 0 radical (unpaired) electrons. The van der Waals surface area contributed by atoms with E-state index in [1.54, 1.807) is 27.7 Å². The van der Waals surface area contributed by atoms with E-state index in [1.807, 2.05) is 0 Å². The molecule has 8 unspecified atom stereocenters. The van der Waals surface area contributed by atoms with E-state index in [9.17, 15) is 37.8 Å². The van der Waals surface area contributed by atoms with Crippen LogP contribution in [0.25, 0.3) is 22.3 Å². The molecule has 0 amide bonds. The van der Waals surface area contributed by atoms with Gasteiger partial charge in [-0.2, -0.15) is 0 Å². The van der Waals surface area contributed by atoms with Gasteiger partial charge in [0.05, 0.1) is 25.9 Å². The van der Waals surface area contributed by atoms with Gasteiger partial charge in [0.25, 0.3) is 0 Å². The third-order valence-corrected chi connectivity index (χ3v) is 18.3. The lowest BCUT2D eigenvalue weighted by Gasteiger charge is -2.25. The van der Waals surface area contributed by atoms with Crippen LogP contribution in [0.4, 0.5) is 11.6 Å². The summed E-state index contributed by atoms with van der Waals surface area (Å²) in [6, 6.07) is 0. The van der Waals surface area contributed by atoms with Gasteiger partial charge in [0.2, 0.25) is 0 Å². The summed E-state index contributed by atoms with van der Waals surface area (Å²) in [5.74, 6) is -5.41. The minimum absolute atomic E-state index is 0.110. The van der Waals surface area contributed by atoms with Crippen molar-refractivity contribution in [3.05, 3.63) is 25.3 Å².